The zero-order chi connectivity index (χ0) is 14.5. The van der Waals surface area contributed by atoms with Crippen LogP contribution in [0.25, 0.3) is 0 Å². The fourth-order valence-corrected chi connectivity index (χ4v) is 3.76. The predicted molar refractivity (Wildman–Crippen MR) is 87.8 cm³/mol. The Morgan fingerprint density at radius 1 is 1.00 bits per heavy atom. The molecule has 0 aliphatic heterocycles. The summed E-state index contributed by atoms with van der Waals surface area (Å²) in [6, 6.07) is 9.40. The quantitative estimate of drug-likeness (QED) is 0.792. The van der Waals surface area contributed by atoms with Gasteiger partial charge in [0, 0.05) is 6.04 Å². The molecule has 1 N–H and O–H groups in total. The average Bonchev–Trinajstić information content (AvgIpc) is 3.34. The number of para-hydroxylation sites is 1. The molecule has 2 aliphatic rings. The first-order valence-electron chi connectivity index (χ1n) is 8.72. The fraction of sp³-hybridized carbons (Fsp3) is 0.684. The van der Waals surface area contributed by atoms with E-state index in [2.05, 4.69) is 29.6 Å². The Hall–Kier alpha value is -1.02. The highest BCUT2D eigenvalue weighted by Crippen LogP contribution is 2.34. The van der Waals surface area contributed by atoms with Crippen molar-refractivity contribution in [2.24, 2.45) is 11.8 Å². The third-order valence-electron chi connectivity index (χ3n) is 5.24. The van der Waals surface area contributed by atoms with Gasteiger partial charge in [-0.25, -0.2) is 0 Å². The molecule has 0 amide bonds. The van der Waals surface area contributed by atoms with E-state index in [-0.39, 0.29) is 0 Å². The number of benzene rings is 1. The van der Waals surface area contributed by atoms with Crippen LogP contribution in [0.15, 0.2) is 24.3 Å². The van der Waals surface area contributed by atoms with Crippen LogP contribution >= 0.6 is 0 Å². The van der Waals surface area contributed by atoms with E-state index in [9.17, 15) is 0 Å². The largest absolute Gasteiger partial charge is 0.496 e. The summed E-state index contributed by atoms with van der Waals surface area (Å²) < 4.78 is 5.55. The van der Waals surface area contributed by atoms with Gasteiger partial charge in [-0.05, 0) is 62.1 Å². The Morgan fingerprint density at radius 3 is 2.52 bits per heavy atom. The summed E-state index contributed by atoms with van der Waals surface area (Å²) >= 11 is 0. The standard InChI is InChI=1S/C19H29NO/c1-21-19-10-6-5-8-16(19)13-15-7-3-2-4-9-17(15)14-20-18-11-12-18/h5-6,8,10,15,17-18,20H,2-4,7,9,11-14H2,1H3. The van der Waals surface area contributed by atoms with Crippen molar-refractivity contribution in [3.05, 3.63) is 29.8 Å². The van der Waals surface area contributed by atoms with Crippen LogP contribution in [0, 0.1) is 11.8 Å². The third kappa shape index (κ3) is 4.23. The van der Waals surface area contributed by atoms with Gasteiger partial charge in [0.15, 0.2) is 0 Å². The van der Waals surface area contributed by atoms with Gasteiger partial charge in [0.05, 0.1) is 7.11 Å². The third-order valence-corrected chi connectivity index (χ3v) is 5.24. The highest BCUT2D eigenvalue weighted by Gasteiger charge is 2.27. The summed E-state index contributed by atoms with van der Waals surface area (Å²) in [4.78, 5) is 0. The number of rotatable bonds is 6. The van der Waals surface area contributed by atoms with Gasteiger partial charge in [0.25, 0.3) is 0 Å². The zero-order valence-corrected chi connectivity index (χ0v) is 13.3. The minimum atomic E-state index is 0.815. The summed E-state index contributed by atoms with van der Waals surface area (Å²) in [5.74, 6) is 2.73. The molecule has 0 radical (unpaired) electrons. The van der Waals surface area contributed by atoms with E-state index in [4.69, 9.17) is 4.74 Å². The number of nitrogens with one attached hydrogen (secondary N) is 1. The number of hydrogen-bond donors (Lipinski definition) is 1. The molecule has 1 aromatic rings. The molecule has 0 aromatic heterocycles. The van der Waals surface area contributed by atoms with E-state index in [1.807, 2.05) is 0 Å². The molecule has 2 aliphatic carbocycles. The van der Waals surface area contributed by atoms with Crippen LogP contribution in [0.3, 0.4) is 0 Å². The van der Waals surface area contributed by atoms with E-state index in [0.29, 0.717) is 0 Å². The zero-order valence-electron chi connectivity index (χ0n) is 13.3. The minimum Gasteiger partial charge on any atom is -0.496 e. The maximum absolute atomic E-state index is 5.55. The van der Waals surface area contributed by atoms with Crippen molar-refractivity contribution in [1.29, 1.82) is 0 Å². The van der Waals surface area contributed by atoms with Crippen molar-refractivity contribution in [2.75, 3.05) is 13.7 Å². The molecule has 2 nitrogen and oxygen atoms in total. The van der Waals surface area contributed by atoms with Crippen molar-refractivity contribution >= 4 is 0 Å². The number of methoxy groups -OCH3 is 1. The Labute approximate surface area is 129 Å². The predicted octanol–water partition coefficient (Wildman–Crippen LogP) is 4.19. The van der Waals surface area contributed by atoms with Gasteiger partial charge in [-0.1, -0.05) is 37.5 Å². The Morgan fingerprint density at radius 2 is 1.76 bits per heavy atom. The molecular formula is C19H29NO. The second kappa shape index (κ2) is 7.31. The summed E-state index contributed by atoms with van der Waals surface area (Å²) in [6.07, 6.45) is 11.0. The molecule has 116 valence electrons. The van der Waals surface area contributed by atoms with E-state index in [1.165, 1.54) is 63.5 Å². The van der Waals surface area contributed by atoms with Crippen molar-refractivity contribution in [1.82, 2.24) is 5.32 Å². The molecule has 0 heterocycles. The second-order valence-corrected chi connectivity index (χ2v) is 6.86. The van der Waals surface area contributed by atoms with Crippen LogP contribution in [0.1, 0.15) is 50.5 Å². The van der Waals surface area contributed by atoms with Crippen LogP contribution in [-0.2, 0) is 6.42 Å². The average molecular weight is 287 g/mol. The monoisotopic (exact) mass is 287 g/mol. The molecule has 0 spiro atoms. The van der Waals surface area contributed by atoms with Crippen molar-refractivity contribution in [3.8, 4) is 5.75 Å². The lowest BCUT2D eigenvalue weighted by Crippen LogP contribution is -2.30. The van der Waals surface area contributed by atoms with Crippen molar-refractivity contribution in [2.45, 2.75) is 57.4 Å². The number of ether oxygens (including phenoxy) is 1. The first-order valence-corrected chi connectivity index (χ1v) is 8.72. The van der Waals surface area contributed by atoms with E-state index < -0.39 is 0 Å². The van der Waals surface area contributed by atoms with Gasteiger partial charge >= 0.3 is 0 Å². The van der Waals surface area contributed by atoms with Gasteiger partial charge in [-0.3, -0.25) is 0 Å². The molecule has 3 rings (SSSR count). The second-order valence-electron chi connectivity index (χ2n) is 6.86. The van der Waals surface area contributed by atoms with Gasteiger partial charge < -0.3 is 10.1 Å². The van der Waals surface area contributed by atoms with E-state index >= 15 is 0 Å². The summed E-state index contributed by atoms with van der Waals surface area (Å²) in [5, 5.41) is 3.77. The Kier molecular flexibility index (Phi) is 5.18. The molecular weight excluding hydrogens is 258 g/mol. The molecule has 2 heteroatoms. The maximum Gasteiger partial charge on any atom is 0.122 e. The molecule has 2 atom stereocenters. The summed E-state index contributed by atoms with van der Waals surface area (Å²) in [7, 11) is 1.79. The number of hydrogen-bond acceptors (Lipinski definition) is 2. The molecule has 0 saturated heterocycles. The molecule has 1 aromatic carbocycles. The highest BCUT2D eigenvalue weighted by molar-refractivity contribution is 5.33. The Balaban J connectivity index is 1.66. The summed E-state index contributed by atoms with van der Waals surface area (Å²) in [6.45, 7) is 1.23. The maximum atomic E-state index is 5.55. The first-order chi connectivity index (χ1) is 10.4. The molecule has 2 unspecified atom stereocenters. The van der Waals surface area contributed by atoms with Crippen LogP contribution < -0.4 is 10.1 Å². The van der Waals surface area contributed by atoms with Crippen LogP contribution in [-0.4, -0.2) is 19.7 Å². The van der Waals surface area contributed by atoms with Gasteiger partial charge in [-0.2, -0.15) is 0 Å². The molecule has 0 bridgehead atoms. The van der Waals surface area contributed by atoms with E-state index in [0.717, 1.165) is 23.6 Å². The smallest absolute Gasteiger partial charge is 0.122 e. The molecule has 2 saturated carbocycles. The Bertz CT molecular complexity index is 441. The fourth-order valence-electron chi connectivity index (χ4n) is 3.76. The lowest BCUT2D eigenvalue weighted by molar-refractivity contribution is 0.293. The molecule has 21 heavy (non-hydrogen) atoms. The summed E-state index contributed by atoms with van der Waals surface area (Å²) in [5.41, 5.74) is 1.39. The van der Waals surface area contributed by atoms with Crippen molar-refractivity contribution < 1.29 is 4.74 Å². The SMILES string of the molecule is COc1ccccc1CC1CCCCCC1CNC1CC1. The first kappa shape index (κ1) is 14.9. The topological polar surface area (TPSA) is 21.3 Å². The highest BCUT2D eigenvalue weighted by atomic mass is 16.5. The van der Waals surface area contributed by atoms with Gasteiger partial charge in [-0.15, -0.1) is 0 Å². The van der Waals surface area contributed by atoms with Crippen LogP contribution in [0.5, 0.6) is 5.75 Å². The van der Waals surface area contributed by atoms with Crippen LogP contribution in [0.2, 0.25) is 0 Å². The molecule has 2 fully saturated rings. The lowest BCUT2D eigenvalue weighted by atomic mass is 9.83. The minimum absolute atomic E-state index is 0.815. The van der Waals surface area contributed by atoms with E-state index in [1.54, 1.807) is 7.11 Å². The van der Waals surface area contributed by atoms with Gasteiger partial charge in [0.1, 0.15) is 5.75 Å². The van der Waals surface area contributed by atoms with Crippen LogP contribution in [0.4, 0.5) is 0 Å². The van der Waals surface area contributed by atoms with Gasteiger partial charge in [0.2, 0.25) is 0 Å². The van der Waals surface area contributed by atoms with Crippen molar-refractivity contribution in [3.63, 3.8) is 0 Å². The normalized spacial score (nSPS) is 26.3. The lowest BCUT2D eigenvalue weighted by Gasteiger charge is -2.26.